The molecule has 1 aromatic carbocycles. The van der Waals surface area contributed by atoms with E-state index in [0.717, 1.165) is 18.2 Å². The minimum Gasteiger partial charge on any atom is -0.303 e. The number of benzene rings is 1. The lowest BCUT2D eigenvalue weighted by atomic mass is 10.1. The molecule has 0 saturated heterocycles. The van der Waals surface area contributed by atoms with Crippen LogP contribution in [-0.2, 0) is 0 Å². The first-order chi connectivity index (χ1) is 6.27. The van der Waals surface area contributed by atoms with Crippen LogP contribution in [0.25, 0.3) is 0 Å². The van der Waals surface area contributed by atoms with E-state index in [9.17, 15) is 8.78 Å². The van der Waals surface area contributed by atoms with Crippen molar-refractivity contribution in [3.63, 3.8) is 0 Å². The van der Waals surface area contributed by atoms with Crippen LogP contribution in [0.4, 0.5) is 8.78 Å². The quantitative estimate of drug-likeness (QED) is 0.655. The first-order valence-corrected chi connectivity index (χ1v) is 4.12. The van der Waals surface area contributed by atoms with E-state index in [2.05, 4.69) is 5.32 Å². The molecule has 0 aromatic heterocycles. The summed E-state index contributed by atoms with van der Waals surface area (Å²) in [6, 6.07) is 3.99. The molecule has 68 valence electrons. The highest BCUT2D eigenvalue weighted by Gasteiger charge is 2.12. The third-order valence-electron chi connectivity index (χ3n) is 2.09. The van der Waals surface area contributed by atoms with Gasteiger partial charge in [0.2, 0.25) is 0 Å². The Morgan fingerprint density at radius 2 is 2.08 bits per heavy atom. The molecule has 0 spiro atoms. The standard InChI is InChI=1S/C10H9F2N/c11-8-4-3-7(6-9(8)12)10-2-1-5-13-10/h1-4,6,10,13H,5H2. The van der Waals surface area contributed by atoms with Gasteiger partial charge in [0, 0.05) is 6.54 Å². The van der Waals surface area contributed by atoms with Crippen molar-refractivity contribution in [2.45, 2.75) is 6.04 Å². The first kappa shape index (κ1) is 8.38. The molecule has 0 aliphatic carbocycles. The van der Waals surface area contributed by atoms with E-state index in [0.29, 0.717) is 0 Å². The molecule has 1 nitrogen and oxygen atoms in total. The average molecular weight is 181 g/mol. The molecule has 1 heterocycles. The Hall–Kier alpha value is -1.22. The lowest BCUT2D eigenvalue weighted by Gasteiger charge is -2.09. The third-order valence-corrected chi connectivity index (χ3v) is 2.09. The number of halogens is 2. The summed E-state index contributed by atoms with van der Waals surface area (Å²) in [7, 11) is 0. The number of nitrogens with one attached hydrogen (secondary N) is 1. The van der Waals surface area contributed by atoms with Crippen LogP contribution in [0.15, 0.2) is 30.4 Å². The highest BCUT2D eigenvalue weighted by atomic mass is 19.2. The van der Waals surface area contributed by atoms with Gasteiger partial charge in [-0.2, -0.15) is 0 Å². The fraction of sp³-hybridized carbons (Fsp3) is 0.200. The van der Waals surface area contributed by atoms with E-state index in [4.69, 9.17) is 0 Å². The molecule has 1 N–H and O–H groups in total. The zero-order chi connectivity index (χ0) is 9.26. The number of hydrogen-bond acceptors (Lipinski definition) is 1. The Balaban J connectivity index is 2.30. The molecular formula is C10H9F2N. The minimum absolute atomic E-state index is 0.0232. The number of rotatable bonds is 1. The highest BCUT2D eigenvalue weighted by Crippen LogP contribution is 2.19. The average Bonchev–Trinajstić information content (AvgIpc) is 2.62. The van der Waals surface area contributed by atoms with Crippen molar-refractivity contribution in [1.29, 1.82) is 0 Å². The van der Waals surface area contributed by atoms with Gasteiger partial charge in [-0.25, -0.2) is 8.78 Å². The topological polar surface area (TPSA) is 12.0 Å². The summed E-state index contributed by atoms with van der Waals surface area (Å²) in [6.45, 7) is 0.781. The predicted octanol–water partition coefficient (Wildman–Crippen LogP) is 2.17. The first-order valence-electron chi connectivity index (χ1n) is 4.12. The SMILES string of the molecule is Fc1ccc(C2C=CCN2)cc1F. The fourth-order valence-electron chi connectivity index (χ4n) is 1.40. The largest absolute Gasteiger partial charge is 0.303 e. The summed E-state index contributed by atoms with van der Waals surface area (Å²) in [5, 5.41) is 3.12. The van der Waals surface area contributed by atoms with E-state index in [1.54, 1.807) is 6.07 Å². The maximum absolute atomic E-state index is 12.8. The van der Waals surface area contributed by atoms with Gasteiger partial charge >= 0.3 is 0 Å². The molecule has 0 amide bonds. The van der Waals surface area contributed by atoms with Gasteiger partial charge in [0.1, 0.15) is 0 Å². The van der Waals surface area contributed by atoms with Crippen LogP contribution in [0.3, 0.4) is 0 Å². The maximum Gasteiger partial charge on any atom is 0.159 e. The second kappa shape index (κ2) is 3.26. The van der Waals surface area contributed by atoms with Crippen molar-refractivity contribution in [3.05, 3.63) is 47.5 Å². The summed E-state index contributed by atoms with van der Waals surface area (Å²) in [5.74, 6) is -1.59. The minimum atomic E-state index is -0.800. The van der Waals surface area contributed by atoms with Gasteiger partial charge in [-0.3, -0.25) is 0 Å². The van der Waals surface area contributed by atoms with E-state index in [1.807, 2.05) is 12.2 Å². The van der Waals surface area contributed by atoms with E-state index < -0.39 is 11.6 Å². The zero-order valence-electron chi connectivity index (χ0n) is 6.93. The van der Waals surface area contributed by atoms with E-state index >= 15 is 0 Å². The molecule has 1 atom stereocenters. The second-order valence-electron chi connectivity index (χ2n) is 2.99. The van der Waals surface area contributed by atoms with Crippen molar-refractivity contribution in [1.82, 2.24) is 5.32 Å². The summed E-state index contributed by atoms with van der Waals surface area (Å²) in [6.07, 6.45) is 3.90. The van der Waals surface area contributed by atoms with Crippen LogP contribution in [0.5, 0.6) is 0 Å². The third kappa shape index (κ3) is 1.60. The Labute approximate surface area is 75.1 Å². The predicted molar refractivity (Wildman–Crippen MR) is 46.2 cm³/mol. The Morgan fingerprint density at radius 3 is 2.69 bits per heavy atom. The summed E-state index contributed by atoms with van der Waals surface area (Å²) >= 11 is 0. The van der Waals surface area contributed by atoms with Crippen LogP contribution in [0.2, 0.25) is 0 Å². The van der Waals surface area contributed by atoms with Crippen LogP contribution in [-0.4, -0.2) is 6.54 Å². The Kier molecular flexibility index (Phi) is 2.10. The van der Waals surface area contributed by atoms with Gasteiger partial charge in [-0.15, -0.1) is 0 Å². The smallest absolute Gasteiger partial charge is 0.159 e. The van der Waals surface area contributed by atoms with Crippen LogP contribution < -0.4 is 5.32 Å². The molecule has 1 aliphatic rings. The lowest BCUT2D eigenvalue weighted by molar-refractivity contribution is 0.505. The Morgan fingerprint density at radius 1 is 1.23 bits per heavy atom. The number of hydrogen-bond donors (Lipinski definition) is 1. The molecule has 0 saturated carbocycles. The molecular weight excluding hydrogens is 172 g/mol. The molecule has 0 bridgehead atoms. The molecule has 13 heavy (non-hydrogen) atoms. The fourth-order valence-corrected chi connectivity index (χ4v) is 1.40. The van der Waals surface area contributed by atoms with E-state index in [1.165, 1.54) is 6.07 Å². The van der Waals surface area contributed by atoms with Gasteiger partial charge in [0.05, 0.1) is 6.04 Å². The van der Waals surface area contributed by atoms with Crippen LogP contribution >= 0.6 is 0 Å². The normalized spacial score (nSPS) is 20.9. The molecule has 0 radical (unpaired) electrons. The molecule has 3 heteroatoms. The Bertz CT molecular complexity index is 347. The van der Waals surface area contributed by atoms with Crippen LogP contribution in [0, 0.1) is 11.6 Å². The molecule has 2 rings (SSSR count). The molecule has 1 aliphatic heterocycles. The van der Waals surface area contributed by atoms with Gasteiger partial charge in [0.15, 0.2) is 11.6 Å². The van der Waals surface area contributed by atoms with E-state index in [-0.39, 0.29) is 6.04 Å². The van der Waals surface area contributed by atoms with Gasteiger partial charge in [0.25, 0.3) is 0 Å². The van der Waals surface area contributed by atoms with Crippen molar-refractivity contribution in [2.75, 3.05) is 6.54 Å². The van der Waals surface area contributed by atoms with Crippen molar-refractivity contribution < 1.29 is 8.78 Å². The summed E-state index contributed by atoms with van der Waals surface area (Å²) in [4.78, 5) is 0. The maximum atomic E-state index is 12.8. The van der Waals surface area contributed by atoms with Gasteiger partial charge in [-0.1, -0.05) is 18.2 Å². The van der Waals surface area contributed by atoms with Gasteiger partial charge < -0.3 is 5.32 Å². The molecule has 0 fully saturated rings. The monoisotopic (exact) mass is 181 g/mol. The van der Waals surface area contributed by atoms with Gasteiger partial charge in [-0.05, 0) is 17.7 Å². The summed E-state index contributed by atoms with van der Waals surface area (Å²) in [5.41, 5.74) is 0.757. The van der Waals surface area contributed by atoms with Crippen molar-refractivity contribution in [3.8, 4) is 0 Å². The zero-order valence-corrected chi connectivity index (χ0v) is 6.93. The van der Waals surface area contributed by atoms with Crippen molar-refractivity contribution >= 4 is 0 Å². The summed E-state index contributed by atoms with van der Waals surface area (Å²) < 4.78 is 25.4. The van der Waals surface area contributed by atoms with Crippen molar-refractivity contribution in [2.24, 2.45) is 0 Å². The lowest BCUT2D eigenvalue weighted by Crippen LogP contribution is -2.13. The molecule has 1 aromatic rings. The second-order valence-corrected chi connectivity index (χ2v) is 2.99. The molecule has 1 unspecified atom stereocenters. The highest BCUT2D eigenvalue weighted by molar-refractivity contribution is 5.26. The van der Waals surface area contributed by atoms with Crippen LogP contribution in [0.1, 0.15) is 11.6 Å².